The Morgan fingerprint density at radius 2 is 1.94 bits per heavy atom. The zero-order valence-electron chi connectivity index (χ0n) is 18.8. The van der Waals surface area contributed by atoms with E-state index < -0.39 is 6.17 Å². The number of phenols is 1. The SMILES string of the molecule is COc1cc(-c2ccc(-c3cnc(N(C4CC4)[C@H]4C[C@@H]5CC[C@@H](N5)[C@H]4F)nn3)c(O)c2)cnn1. The highest BCUT2D eigenvalue weighted by atomic mass is 19.1. The number of halogens is 1. The van der Waals surface area contributed by atoms with Crippen LogP contribution in [0.25, 0.3) is 22.4 Å². The molecule has 176 valence electrons. The number of phenolic OH excluding ortho intramolecular Hbond substituents is 1. The van der Waals surface area contributed by atoms with E-state index in [1.807, 2.05) is 6.07 Å². The molecule has 2 aliphatic heterocycles. The molecule has 9 nitrogen and oxygen atoms in total. The second-order valence-corrected chi connectivity index (χ2v) is 9.30. The summed E-state index contributed by atoms with van der Waals surface area (Å²) in [5.74, 6) is 0.908. The lowest BCUT2D eigenvalue weighted by Crippen LogP contribution is -2.57. The Morgan fingerprint density at radius 1 is 1.06 bits per heavy atom. The van der Waals surface area contributed by atoms with Crippen LogP contribution in [0.5, 0.6) is 11.6 Å². The first kappa shape index (κ1) is 21.2. The number of alkyl halides is 1. The van der Waals surface area contributed by atoms with Crippen molar-refractivity contribution >= 4 is 5.95 Å². The van der Waals surface area contributed by atoms with E-state index >= 15 is 4.39 Å². The quantitative estimate of drug-likeness (QED) is 0.570. The number of fused-ring (bicyclic) bond motifs is 2. The molecule has 2 N–H and O–H groups in total. The molecule has 2 bridgehead atoms. The molecule has 4 heterocycles. The predicted molar refractivity (Wildman–Crippen MR) is 123 cm³/mol. The van der Waals surface area contributed by atoms with Gasteiger partial charge in [0.2, 0.25) is 11.8 Å². The molecule has 1 aromatic carbocycles. The van der Waals surface area contributed by atoms with Gasteiger partial charge in [0.05, 0.1) is 25.5 Å². The lowest BCUT2D eigenvalue weighted by Gasteiger charge is -2.40. The first-order valence-electron chi connectivity index (χ1n) is 11.7. The molecule has 34 heavy (non-hydrogen) atoms. The van der Waals surface area contributed by atoms with Crippen LogP contribution in [0, 0.1) is 0 Å². The fourth-order valence-electron chi connectivity index (χ4n) is 5.22. The second kappa shape index (κ2) is 8.43. The molecule has 0 amide bonds. The van der Waals surface area contributed by atoms with Gasteiger partial charge < -0.3 is 20.1 Å². The maximum atomic E-state index is 15.3. The van der Waals surface area contributed by atoms with Crippen LogP contribution in [0.1, 0.15) is 32.1 Å². The molecule has 1 aliphatic carbocycles. The third-order valence-electron chi connectivity index (χ3n) is 7.08. The van der Waals surface area contributed by atoms with Gasteiger partial charge in [-0.2, -0.15) is 5.10 Å². The Kier molecular flexibility index (Phi) is 5.24. The molecule has 6 rings (SSSR count). The molecular formula is C24H26FN7O2. The molecule has 2 aromatic heterocycles. The van der Waals surface area contributed by atoms with E-state index in [1.54, 1.807) is 30.6 Å². The summed E-state index contributed by atoms with van der Waals surface area (Å²) in [7, 11) is 1.53. The summed E-state index contributed by atoms with van der Waals surface area (Å²) >= 11 is 0. The fraction of sp³-hybridized carbons (Fsp3) is 0.458. The van der Waals surface area contributed by atoms with Gasteiger partial charge in [0.1, 0.15) is 17.6 Å². The number of aromatic hydroxyl groups is 1. The lowest BCUT2D eigenvalue weighted by molar-refractivity contribution is 0.171. The van der Waals surface area contributed by atoms with E-state index in [4.69, 9.17) is 4.74 Å². The number of hydrogen-bond donors (Lipinski definition) is 2. The molecule has 10 heteroatoms. The number of anilines is 1. The van der Waals surface area contributed by atoms with Crippen molar-refractivity contribution in [1.82, 2.24) is 30.7 Å². The maximum Gasteiger partial charge on any atom is 0.245 e. The van der Waals surface area contributed by atoms with Crippen LogP contribution >= 0.6 is 0 Å². The molecule has 0 spiro atoms. The van der Waals surface area contributed by atoms with E-state index in [0.717, 1.165) is 43.2 Å². The number of methoxy groups -OCH3 is 1. The van der Waals surface area contributed by atoms with Crippen molar-refractivity contribution in [3.05, 3.63) is 36.7 Å². The normalized spacial score (nSPS) is 25.8. The Morgan fingerprint density at radius 3 is 2.68 bits per heavy atom. The van der Waals surface area contributed by atoms with E-state index in [0.29, 0.717) is 29.1 Å². The van der Waals surface area contributed by atoms with E-state index in [-0.39, 0.29) is 23.9 Å². The highest BCUT2D eigenvalue weighted by molar-refractivity contribution is 5.74. The summed E-state index contributed by atoms with van der Waals surface area (Å²) in [5.41, 5.74) is 2.51. The van der Waals surface area contributed by atoms with Crippen LogP contribution in [0.15, 0.2) is 36.7 Å². The zero-order valence-corrected chi connectivity index (χ0v) is 18.8. The molecule has 4 atom stereocenters. The number of ether oxygens (including phenoxy) is 1. The van der Waals surface area contributed by atoms with Crippen LogP contribution in [0.4, 0.5) is 10.3 Å². The molecule has 3 aliphatic rings. The lowest BCUT2D eigenvalue weighted by atomic mass is 9.96. The molecule has 1 saturated carbocycles. The number of aromatic nitrogens is 5. The molecule has 0 unspecified atom stereocenters. The standard InChI is InChI=1S/C24H26FN7O2/c1-34-22-9-14(11-27-30-22)13-2-6-17(21(33)8-13)19-12-26-24(31-29-19)32(16-4-5-16)20-10-15-3-7-18(28-15)23(20)25/h2,6,8-9,11-12,15-16,18,20,23,28,33H,3-5,7,10H2,1H3/t15-,18+,20-,23+/m0/s1. The van der Waals surface area contributed by atoms with Crippen LogP contribution < -0.4 is 15.0 Å². The largest absolute Gasteiger partial charge is 0.507 e. The van der Waals surface area contributed by atoms with Crippen LogP contribution in [0.3, 0.4) is 0 Å². The van der Waals surface area contributed by atoms with Crippen molar-refractivity contribution in [3.63, 3.8) is 0 Å². The average Bonchev–Trinajstić information content (AvgIpc) is 3.62. The zero-order chi connectivity index (χ0) is 23.2. The highest BCUT2D eigenvalue weighted by Gasteiger charge is 2.48. The van der Waals surface area contributed by atoms with Gasteiger partial charge in [-0.25, -0.2) is 9.37 Å². The molecule has 3 aromatic rings. The van der Waals surface area contributed by atoms with Gasteiger partial charge in [0, 0.05) is 35.3 Å². The first-order valence-corrected chi connectivity index (χ1v) is 11.7. The molecular weight excluding hydrogens is 437 g/mol. The minimum absolute atomic E-state index is 0.0509. The van der Waals surface area contributed by atoms with Gasteiger partial charge >= 0.3 is 0 Å². The minimum atomic E-state index is -0.944. The van der Waals surface area contributed by atoms with Gasteiger partial charge in [0.15, 0.2) is 0 Å². The van der Waals surface area contributed by atoms with Crippen molar-refractivity contribution in [2.45, 2.75) is 62.4 Å². The third kappa shape index (κ3) is 3.81. The van der Waals surface area contributed by atoms with Gasteiger partial charge in [-0.3, -0.25) is 0 Å². The minimum Gasteiger partial charge on any atom is -0.507 e. The van der Waals surface area contributed by atoms with Crippen LogP contribution in [-0.2, 0) is 0 Å². The van der Waals surface area contributed by atoms with Gasteiger partial charge in [-0.1, -0.05) is 6.07 Å². The van der Waals surface area contributed by atoms with Crippen LogP contribution in [-0.4, -0.2) is 67.9 Å². The van der Waals surface area contributed by atoms with Gasteiger partial charge in [-0.15, -0.1) is 15.3 Å². The number of piperidine rings is 1. The van der Waals surface area contributed by atoms with E-state index in [9.17, 15) is 5.11 Å². The van der Waals surface area contributed by atoms with Crippen molar-refractivity contribution in [2.75, 3.05) is 12.0 Å². The summed E-state index contributed by atoms with van der Waals surface area (Å²) < 4.78 is 20.4. The monoisotopic (exact) mass is 463 g/mol. The average molecular weight is 464 g/mol. The van der Waals surface area contributed by atoms with Gasteiger partial charge in [-0.05, 0) is 49.8 Å². The van der Waals surface area contributed by atoms with Crippen molar-refractivity contribution in [2.24, 2.45) is 0 Å². The number of nitrogens with one attached hydrogen (secondary N) is 1. The number of hydrogen-bond acceptors (Lipinski definition) is 9. The summed E-state index contributed by atoms with van der Waals surface area (Å²) in [6.07, 6.45) is 6.97. The Labute approximate surface area is 196 Å². The topological polar surface area (TPSA) is 109 Å². The molecule has 3 fully saturated rings. The number of benzene rings is 1. The maximum absolute atomic E-state index is 15.3. The smallest absolute Gasteiger partial charge is 0.245 e. The van der Waals surface area contributed by atoms with Crippen molar-refractivity contribution in [3.8, 4) is 34.0 Å². The summed E-state index contributed by atoms with van der Waals surface area (Å²) in [6.45, 7) is 0. The van der Waals surface area contributed by atoms with E-state index in [1.165, 1.54) is 7.11 Å². The number of rotatable bonds is 6. The highest BCUT2D eigenvalue weighted by Crippen LogP contribution is 2.40. The van der Waals surface area contributed by atoms with Crippen molar-refractivity contribution < 1.29 is 14.2 Å². The fourth-order valence-corrected chi connectivity index (χ4v) is 5.22. The first-order chi connectivity index (χ1) is 16.6. The van der Waals surface area contributed by atoms with Crippen LogP contribution in [0.2, 0.25) is 0 Å². The van der Waals surface area contributed by atoms with Gasteiger partial charge in [0.25, 0.3) is 0 Å². The number of nitrogens with zero attached hydrogens (tertiary/aromatic N) is 6. The molecule has 0 radical (unpaired) electrons. The Balaban J connectivity index is 1.26. The summed E-state index contributed by atoms with van der Waals surface area (Å²) in [5, 5.41) is 30.6. The Hall–Kier alpha value is -3.40. The second-order valence-electron chi connectivity index (χ2n) is 9.30. The van der Waals surface area contributed by atoms with E-state index in [2.05, 4.69) is 35.6 Å². The Bertz CT molecular complexity index is 1190. The summed E-state index contributed by atoms with van der Waals surface area (Å²) in [6, 6.07) is 7.33. The molecule has 2 saturated heterocycles. The third-order valence-corrected chi connectivity index (χ3v) is 7.08. The van der Waals surface area contributed by atoms with Crippen molar-refractivity contribution in [1.29, 1.82) is 0 Å². The predicted octanol–water partition coefficient (Wildman–Crippen LogP) is 2.91. The summed E-state index contributed by atoms with van der Waals surface area (Å²) in [4.78, 5) is 6.62.